The van der Waals surface area contributed by atoms with Gasteiger partial charge in [0.1, 0.15) is 5.75 Å². The number of quaternary nitrogens is 1. The molecule has 1 saturated heterocycles. The van der Waals surface area contributed by atoms with Crippen LogP contribution < -0.4 is 15.0 Å². The number of nitro benzene ring substituents is 1. The minimum atomic E-state index is -0.360. The predicted molar refractivity (Wildman–Crippen MR) is 101 cm³/mol. The lowest BCUT2D eigenvalue weighted by molar-refractivity contribution is -0.908. The Morgan fingerprint density at radius 3 is 2.69 bits per heavy atom. The highest BCUT2D eigenvalue weighted by atomic mass is 16.6. The van der Waals surface area contributed by atoms with Gasteiger partial charge in [-0.05, 0) is 30.7 Å². The van der Waals surface area contributed by atoms with Crippen LogP contribution in [0.25, 0.3) is 0 Å². The van der Waals surface area contributed by atoms with Crippen LogP contribution in [-0.4, -0.2) is 37.7 Å². The van der Waals surface area contributed by atoms with Crippen molar-refractivity contribution in [3.05, 3.63) is 40.5 Å². The van der Waals surface area contributed by atoms with Crippen molar-refractivity contribution in [2.75, 3.05) is 32.1 Å². The molecule has 4 rings (SSSR count). The molecule has 1 aromatic carbocycles. The lowest BCUT2D eigenvalue weighted by Gasteiger charge is -2.33. The number of allylic oxidation sites excluding steroid dienone is 2. The average molecular weight is 358 g/mol. The van der Waals surface area contributed by atoms with Gasteiger partial charge in [0, 0.05) is 36.9 Å². The lowest BCUT2D eigenvalue weighted by Crippen LogP contribution is -3.14. The van der Waals surface area contributed by atoms with Crippen molar-refractivity contribution < 1.29 is 14.6 Å². The summed E-state index contributed by atoms with van der Waals surface area (Å²) in [7, 11) is 1.60. The molecule has 2 bridgehead atoms. The summed E-state index contributed by atoms with van der Waals surface area (Å²) >= 11 is 0. The molecule has 2 N–H and O–H groups in total. The van der Waals surface area contributed by atoms with Crippen molar-refractivity contribution in [2.24, 2.45) is 17.8 Å². The van der Waals surface area contributed by atoms with Crippen molar-refractivity contribution in [3.63, 3.8) is 0 Å². The van der Waals surface area contributed by atoms with Gasteiger partial charge in [0.25, 0.3) is 5.69 Å². The summed E-state index contributed by atoms with van der Waals surface area (Å²) in [4.78, 5) is 12.4. The van der Waals surface area contributed by atoms with E-state index in [0.717, 1.165) is 36.3 Å². The number of likely N-dealkylation sites (tertiary alicyclic amines) is 1. The first-order chi connectivity index (χ1) is 12.6. The molecule has 1 heterocycles. The molecule has 6 nitrogen and oxygen atoms in total. The van der Waals surface area contributed by atoms with Gasteiger partial charge in [0.15, 0.2) is 0 Å². The number of non-ortho nitro benzene ring substituents is 1. The Hall–Kier alpha value is -2.08. The third kappa shape index (κ3) is 3.56. The number of piperidine rings is 1. The van der Waals surface area contributed by atoms with Crippen molar-refractivity contribution in [2.45, 2.75) is 31.7 Å². The number of hydrogen-bond acceptors (Lipinski definition) is 4. The zero-order valence-electron chi connectivity index (χ0n) is 15.3. The van der Waals surface area contributed by atoms with E-state index in [1.165, 1.54) is 38.5 Å². The standard InChI is InChI=1S/C20H27N3O3/c1-26-20-5-4-18(23(24)25)12-19(20)21-17-6-8-22(9-7-17)13-16-11-14-2-3-15(16)10-14/h2-5,12,14-17,21H,6-11,13H2,1H3/p+1/t14-,15+,16+/m1/s1. The Labute approximate surface area is 154 Å². The maximum Gasteiger partial charge on any atom is 0.271 e. The van der Waals surface area contributed by atoms with E-state index in [4.69, 9.17) is 4.74 Å². The van der Waals surface area contributed by atoms with Crippen LogP contribution in [0.3, 0.4) is 0 Å². The van der Waals surface area contributed by atoms with Crippen LogP contribution in [0.5, 0.6) is 5.75 Å². The van der Waals surface area contributed by atoms with Crippen molar-refractivity contribution in [1.82, 2.24) is 0 Å². The second kappa shape index (κ2) is 7.27. The van der Waals surface area contributed by atoms with E-state index in [2.05, 4.69) is 17.5 Å². The van der Waals surface area contributed by atoms with Crippen LogP contribution >= 0.6 is 0 Å². The molecule has 140 valence electrons. The maximum absolute atomic E-state index is 11.0. The molecule has 0 aromatic heterocycles. The number of rotatable bonds is 6. The van der Waals surface area contributed by atoms with Crippen molar-refractivity contribution in [1.29, 1.82) is 0 Å². The molecule has 0 spiro atoms. The molecular weight excluding hydrogens is 330 g/mol. The van der Waals surface area contributed by atoms with E-state index in [1.54, 1.807) is 24.1 Å². The van der Waals surface area contributed by atoms with Crippen LogP contribution in [0.1, 0.15) is 25.7 Å². The second-order valence-electron chi connectivity index (χ2n) is 8.05. The smallest absolute Gasteiger partial charge is 0.271 e. The van der Waals surface area contributed by atoms with E-state index in [1.807, 2.05) is 0 Å². The highest BCUT2D eigenvalue weighted by Gasteiger charge is 2.38. The Kier molecular flexibility index (Phi) is 4.85. The molecule has 26 heavy (non-hydrogen) atoms. The fourth-order valence-corrected chi connectivity index (χ4v) is 5.02. The summed E-state index contributed by atoms with van der Waals surface area (Å²) < 4.78 is 5.36. The molecule has 0 unspecified atom stereocenters. The molecule has 0 amide bonds. The Morgan fingerprint density at radius 2 is 2.08 bits per heavy atom. The fourth-order valence-electron chi connectivity index (χ4n) is 5.02. The van der Waals surface area contributed by atoms with E-state index in [0.29, 0.717) is 11.8 Å². The normalized spacial score (nSPS) is 32.6. The molecule has 2 fully saturated rings. The van der Waals surface area contributed by atoms with E-state index in [-0.39, 0.29) is 10.6 Å². The highest BCUT2D eigenvalue weighted by molar-refractivity contribution is 5.62. The first-order valence-corrected chi connectivity index (χ1v) is 9.73. The monoisotopic (exact) mass is 358 g/mol. The molecule has 0 radical (unpaired) electrons. The molecule has 1 saturated carbocycles. The van der Waals surface area contributed by atoms with E-state index < -0.39 is 0 Å². The average Bonchev–Trinajstić information content (AvgIpc) is 3.26. The molecular formula is C20H28N3O3+. The molecule has 6 heteroatoms. The van der Waals surface area contributed by atoms with Gasteiger partial charge in [-0.15, -0.1) is 0 Å². The number of methoxy groups -OCH3 is 1. The molecule has 3 aliphatic rings. The van der Waals surface area contributed by atoms with Crippen LogP contribution in [0, 0.1) is 27.9 Å². The van der Waals surface area contributed by atoms with Gasteiger partial charge < -0.3 is 15.0 Å². The number of nitro groups is 1. The first-order valence-electron chi connectivity index (χ1n) is 9.73. The Bertz CT molecular complexity index is 698. The molecule has 2 aliphatic carbocycles. The third-order valence-electron chi connectivity index (χ3n) is 6.41. The quantitative estimate of drug-likeness (QED) is 0.465. The minimum Gasteiger partial charge on any atom is -0.495 e. The number of benzene rings is 1. The van der Waals surface area contributed by atoms with Crippen molar-refractivity contribution in [3.8, 4) is 5.75 Å². The Balaban J connectivity index is 1.32. The van der Waals surface area contributed by atoms with Crippen LogP contribution in [-0.2, 0) is 0 Å². The zero-order valence-corrected chi connectivity index (χ0v) is 15.3. The third-order valence-corrected chi connectivity index (χ3v) is 6.41. The summed E-state index contributed by atoms with van der Waals surface area (Å²) in [5.74, 6) is 3.22. The maximum atomic E-state index is 11.0. The van der Waals surface area contributed by atoms with Crippen LogP contribution in [0.15, 0.2) is 30.4 Å². The van der Waals surface area contributed by atoms with Gasteiger partial charge in [-0.1, -0.05) is 12.2 Å². The van der Waals surface area contributed by atoms with Gasteiger partial charge in [-0.25, -0.2) is 0 Å². The van der Waals surface area contributed by atoms with Crippen LogP contribution in [0.4, 0.5) is 11.4 Å². The number of nitrogens with one attached hydrogen (secondary N) is 2. The second-order valence-corrected chi connectivity index (χ2v) is 8.05. The van der Waals surface area contributed by atoms with Crippen LogP contribution in [0.2, 0.25) is 0 Å². The highest BCUT2D eigenvalue weighted by Crippen LogP contribution is 2.42. The summed E-state index contributed by atoms with van der Waals surface area (Å²) in [6, 6.07) is 5.10. The van der Waals surface area contributed by atoms with E-state index in [9.17, 15) is 10.1 Å². The SMILES string of the molecule is COc1ccc([N+](=O)[O-])cc1NC1CC[NH+](C[C@@H]2C[C@@H]3C=C[C@H]2C3)CC1. The summed E-state index contributed by atoms with van der Waals surface area (Å²) in [5.41, 5.74) is 0.828. The number of fused-ring (bicyclic) bond motifs is 2. The number of anilines is 1. The van der Waals surface area contributed by atoms with Gasteiger partial charge in [-0.3, -0.25) is 10.1 Å². The zero-order chi connectivity index (χ0) is 18.1. The first kappa shape index (κ1) is 17.3. The molecule has 1 aliphatic heterocycles. The topological polar surface area (TPSA) is 68.8 Å². The number of ether oxygens (including phenoxy) is 1. The minimum absolute atomic E-state index is 0.0979. The summed E-state index contributed by atoms with van der Waals surface area (Å²) in [5, 5.41) is 14.5. The van der Waals surface area contributed by atoms with Crippen molar-refractivity contribution >= 4 is 11.4 Å². The summed E-state index contributed by atoms with van der Waals surface area (Å²) in [6.45, 7) is 3.65. The van der Waals surface area contributed by atoms with Gasteiger partial charge >= 0.3 is 0 Å². The Morgan fingerprint density at radius 1 is 1.27 bits per heavy atom. The fraction of sp³-hybridized carbons (Fsp3) is 0.600. The van der Waals surface area contributed by atoms with E-state index >= 15 is 0 Å². The lowest BCUT2D eigenvalue weighted by atomic mass is 9.92. The van der Waals surface area contributed by atoms with Gasteiger partial charge in [0.2, 0.25) is 0 Å². The molecule has 1 aromatic rings. The van der Waals surface area contributed by atoms with Gasteiger partial charge in [0.05, 0.1) is 37.4 Å². The van der Waals surface area contributed by atoms with Gasteiger partial charge in [-0.2, -0.15) is 0 Å². The molecule has 3 atom stereocenters. The predicted octanol–water partition coefficient (Wildman–Crippen LogP) is 2.27. The number of nitrogens with zero attached hydrogens (tertiary/aromatic N) is 1. The largest absolute Gasteiger partial charge is 0.495 e. The summed E-state index contributed by atoms with van der Waals surface area (Å²) in [6.07, 6.45) is 9.82. The number of hydrogen-bond donors (Lipinski definition) is 2.